The van der Waals surface area contributed by atoms with Crippen molar-refractivity contribution in [3.05, 3.63) is 47.3 Å². The Kier molecular flexibility index (Phi) is 7.26. The second-order valence-electron chi connectivity index (χ2n) is 5.95. The Morgan fingerprint density at radius 3 is 2.50 bits per heavy atom. The van der Waals surface area contributed by atoms with Crippen LogP contribution in [0.2, 0.25) is 0 Å². The zero-order valence-corrected chi connectivity index (χ0v) is 16.5. The molecule has 0 aliphatic heterocycles. The number of amides is 2. The first-order valence-electron chi connectivity index (χ1n) is 8.63. The first-order valence-corrected chi connectivity index (χ1v) is 9.62. The van der Waals surface area contributed by atoms with Crippen molar-refractivity contribution in [2.45, 2.75) is 31.4 Å². The topological polar surface area (TPSA) is 66.7 Å². The van der Waals surface area contributed by atoms with Crippen LogP contribution in [0, 0.1) is 6.92 Å². The van der Waals surface area contributed by atoms with E-state index in [2.05, 4.69) is 5.16 Å². The zero-order chi connectivity index (χ0) is 19.1. The Morgan fingerprint density at radius 2 is 1.88 bits per heavy atom. The third-order valence-electron chi connectivity index (χ3n) is 4.00. The van der Waals surface area contributed by atoms with Crippen molar-refractivity contribution in [1.82, 2.24) is 15.0 Å². The summed E-state index contributed by atoms with van der Waals surface area (Å²) in [5.74, 6) is 1.14. The molecule has 2 aromatic rings. The number of carbonyl (C=O) groups excluding carboxylic acids is 2. The Balaban J connectivity index is 2.07. The number of hydrogen-bond donors (Lipinski definition) is 0. The summed E-state index contributed by atoms with van der Waals surface area (Å²) in [5.41, 5.74) is 1.42. The minimum absolute atomic E-state index is 0.0480. The molecule has 0 radical (unpaired) electrons. The molecule has 0 saturated carbocycles. The largest absolute Gasteiger partial charge is 0.360 e. The van der Waals surface area contributed by atoms with Crippen molar-refractivity contribution in [1.29, 1.82) is 0 Å². The summed E-state index contributed by atoms with van der Waals surface area (Å²) in [6.07, 6.45) is 0. The highest BCUT2D eigenvalue weighted by Crippen LogP contribution is 2.27. The first kappa shape index (κ1) is 20.0. The van der Waals surface area contributed by atoms with Crippen LogP contribution in [0.25, 0.3) is 0 Å². The van der Waals surface area contributed by atoms with E-state index >= 15 is 0 Å². The number of nitrogens with zero attached hydrogens (tertiary/aromatic N) is 3. The van der Waals surface area contributed by atoms with E-state index in [-0.39, 0.29) is 18.4 Å². The van der Waals surface area contributed by atoms with Crippen LogP contribution in [-0.2, 0) is 10.5 Å². The molecule has 0 saturated heterocycles. The molecule has 1 aromatic heterocycles. The molecular weight excluding hydrogens is 350 g/mol. The van der Waals surface area contributed by atoms with Gasteiger partial charge in [0.1, 0.15) is 5.76 Å². The fourth-order valence-corrected chi connectivity index (χ4v) is 3.48. The normalized spacial score (nSPS) is 10.6. The average Bonchev–Trinajstić information content (AvgIpc) is 3.06. The fraction of sp³-hybridized carbons (Fsp3) is 0.421. The summed E-state index contributed by atoms with van der Waals surface area (Å²) in [6.45, 7) is 7.08. The highest BCUT2D eigenvalue weighted by Gasteiger charge is 2.20. The molecule has 0 atom stereocenters. The van der Waals surface area contributed by atoms with E-state index < -0.39 is 0 Å². The lowest BCUT2D eigenvalue weighted by Gasteiger charge is -2.23. The van der Waals surface area contributed by atoms with Gasteiger partial charge in [0.05, 0.1) is 23.6 Å². The standard InChI is InChI=1S/C19H25N3O3S/c1-5-22(6-2)18(23)12-21(4)19(24)16-9-7-8-10-17(16)26-13-15-11-14(3)20-25-15/h7-11H,5-6,12-13H2,1-4H3. The maximum absolute atomic E-state index is 12.8. The van der Waals surface area contributed by atoms with Gasteiger partial charge in [0.25, 0.3) is 5.91 Å². The molecule has 0 bridgehead atoms. The predicted octanol–water partition coefficient (Wildman–Crippen LogP) is 3.22. The molecule has 2 amide bonds. The van der Waals surface area contributed by atoms with Gasteiger partial charge in [-0.05, 0) is 32.9 Å². The van der Waals surface area contributed by atoms with Gasteiger partial charge in [0.15, 0.2) is 0 Å². The molecule has 140 valence electrons. The number of rotatable bonds is 8. The number of thioether (sulfide) groups is 1. The van der Waals surface area contributed by atoms with Gasteiger partial charge in [-0.25, -0.2) is 0 Å². The van der Waals surface area contributed by atoms with Crippen LogP contribution in [0.15, 0.2) is 39.8 Å². The Morgan fingerprint density at radius 1 is 1.19 bits per heavy atom. The molecule has 7 heteroatoms. The number of benzene rings is 1. The molecule has 0 aliphatic carbocycles. The van der Waals surface area contributed by atoms with E-state index in [1.807, 2.05) is 45.0 Å². The highest BCUT2D eigenvalue weighted by molar-refractivity contribution is 7.98. The molecule has 6 nitrogen and oxygen atoms in total. The second-order valence-corrected chi connectivity index (χ2v) is 6.96. The van der Waals surface area contributed by atoms with Crippen LogP contribution in [-0.4, -0.2) is 53.5 Å². The third kappa shape index (κ3) is 5.11. The van der Waals surface area contributed by atoms with Crippen LogP contribution < -0.4 is 0 Å². The van der Waals surface area contributed by atoms with Gasteiger partial charge in [0.2, 0.25) is 5.91 Å². The predicted molar refractivity (Wildman–Crippen MR) is 102 cm³/mol. The lowest BCUT2D eigenvalue weighted by atomic mass is 10.2. The second kappa shape index (κ2) is 9.43. The number of aromatic nitrogens is 1. The molecule has 0 N–H and O–H groups in total. The van der Waals surface area contributed by atoms with Crippen LogP contribution >= 0.6 is 11.8 Å². The minimum Gasteiger partial charge on any atom is -0.360 e. The van der Waals surface area contributed by atoms with Gasteiger partial charge in [0, 0.05) is 31.1 Å². The van der Waals surface area contributed by atoms with E-state index in [0.29, 0.717) is 24.4 Å². The summed E-state index contributed by atoms with van der Waals surface area (Å²) >= 11 is 1.52. The Labute approximate surface area is 158 Å². The maximum atomic E-state index is 12.8. The molecule has 1 heterocycles. The van der Waals surface area contributed by atoms with Crippen molar-refractivity contribution in [3.63, 3.8) is 0 Å². The number of aryl methyl sites for hydroxylation is 1. The van der Waals surface area contributed by atoms with E-state index in [9.17, 15) is 9.59 Å². The van der Waals surface area contributed by atoms with Crippen molar-refractivity contribution >= 4 is 23.6 Å². The van der Waals surface area contributed by atoms with E-state index in [1.54, 1.807) is 18.0 Å². The Bertz CT molecular complexity index is 756. The molecule has 0 spiro atoms. The Hall–Kier alpha value is -2.28. The minimum atomic E-state index is -0.164. The van der Waals surface area contributed by atoms with Crippen molar-refractivity contribution in [2.24, 2.45) is 0 Å². The molecule has 2 rings (SSSR count). The SMILES string of the molecule is CCN(CC)C(=O)CN(C)C(=O)c1ccccc1SCc1cc(C)no1. The molecular formula is C19H25N3O3S. The summed E-state index contributed by atoms with van der Waals surface area (Å²) in [7, 11) is 1.66. The molecule has 0 fully saturated rings. The number of carbonyl (C=O) groups is 2. The summed E-state index contributed by atoms with van der Waals surface area (Å²) < 4.78 is 5.22. The van der Waals surface area contributed by atoms with Gasteiger partial charge in [-0.1, -0.05) is 17.3 Å². The maximum Gasteiger partial charge on any atom is 0.255 e. The van der Waals surface area contributed by atoms with E-state index in [1.165, 1.54) is 16.7 Å². The quantitative estimate of drug-likeness (QED) is 0.663. The van der Waals surface area contributed by atoms with Gasteiger partial charge in [-0.15, -0.1) is 11.8 Å². The highest BCUT2D eigenvalue weighted by atomic mass is 32.2. The monoisotopic (exact) mass is 375 g/mol. The lowest BCUT2D eigenvalue weighted by Crippen LogP contribution is -2.41. The lowest BCUT2D eigenvalue weighted by molar-refractivity contribution is -0.131. The van der Waals surface area contributed by atoms with E-state index in [4.69, 9.17) is 4.52 Å². The summed E-state index contributed by atoms with van der Waals surface area (Å²) in [5, 5.41) is 3.87. The van der Waals surface area contributed by atoms with Gasteiger partial charge in [-0.3, -0.25) is 9.59 Å². The molecule has 26 heavy (non-hydrogen) atoms. The molecule has 0 aliphatic rings. The average molecular weight is 375 g/mol. The van der Waals surface area contributed by atoms with Crippen LogP contribution in [0.1, 0.15) is 35.7 Å². The van der Waals surface area contributed by atoms with Crippen LogP contribution in [0.5, 0.6) is 0 Å². The van der Waals surface area contributed by atoms with Crippen LogP contribution in [0.4, 0.5) is 0 Å². The first-order chi connectivity index (χ1) is 12.5. The van der Waals surface area contributed by atoms with Gasteiger partial charge in [-0.2, -0.15) is 0 Å². The molecule has 0 unspecified atom stereocenters. The number of likely N-dealkylation sites (N-methyl/N-ethyl adjacent to an activating group) is 2. The summed E-state index contributed by atoms with van der Waals surface area (Å²) in [4.78, 5) is 29.1. The zero-order valence-electron chi connectivity index (χ0n) is 15.7. The van der Waals surface area contributed by atoms with Crippen molar-refractivity contribution in [2.75, 3.05) is 26.7 Å². The van der Waals surface area contributed by atoms with Gasteiger partial charge >= 0.3 is 0 Å². The fourth-order valence-electron chi connectivity index (χ4n) is 2.56. The molecule has 1 aromatic carbocycles. The van der Waals surface area contributed by atoms with Gasteiger partial charge < -0.3 is 14.3 Å². The van der Waals surface area contributed by atoms with E-state index in [0.717, 1.165) is 16.3 Å². The van der Waals surface area contributed by atoms with Crippen molar-refractivity contribution < 1.29 is 14.1 Å². The summed E-state index contributed by atoms with van der Waals surface area (Å²) in [6, 6.07) is 9.30. The third-order valence-corrected chi connectivity index (χ3v) is 5.10. The number of hydrogen-bond acceptors (Lipinski definition) is 5. The smallest absolute Gasteiger partial charge is 0.255 e. The van der Waals surface area contributed by atoms with Crippen molar-refractivity contribution in [3.8, 4) is 0 Å². The van der Waals surface area contributed by atoms with Crippen LogP contribution in [0.3, 0.4) is 0 Å².